The van der Waals surface area contributed by atoms with Crippen molar-refractivity contribution in [3.63, 3.8) is 0 Å². The standard InChI is InChI=1S/C14H26N2O/c1-15-10-5-13(17)16-11-8-14(9-12-16)6-3-2-4-7-14/h15H,2-12H2,1H3. The van der Waals surface area contributed by atoms with Crippen LogP contribution in [0.25, 0.3) is 0 Å². The molecule has 0 aromatic carbocycles. The average molecular weight is 238 g/mol. The van der Waals surface area contributed by atoms with Crippen LogP contribution in [0.5, 0.6) is 0 Å². The molecule has 0 unspecified atom stereocenters. The molecule has 1 heterocycles. The van der Waals surface area contributed by atoms with Crippen molar-refractivity contribution >= 4 is 5.91 Å². The van der Waals surface area contributed by atoms with Crippen molar-refractivity contribution in [1.29, 1.82) is 0 Å². The quantitative estimate of drug-likeness (QED) is 0.817. The van der Waals surface area contributed by atoms with Gasteiger partial charge in [0.2, 0.25) is 5.91 Å². The number of nitrogens with zero attached hydrogens (tertiary/aromatic N) is 1. The summed E-state index contributed by atoms with van der Waals surface area (Å²) in [6, 6.07) is 0. The first-order chi connectivity index (χ1) is 8.26. The van der Waals surface area contributed by atoms with Gasteiger partial charge in [-0.15, -0.1) is 0 Å². The van der Waals surface area contributed by atoms with Gasteiger partial charge in [-0.3, -0.25) is 4.79 Å². The normalized spacial score (nSPS) is 23.9. The number of hydrogen-bond acceptors (Lipinski definition) is 2. The Hall–Kier alpha value is -0.570. The Balaban J connectivity index is 1.78. The lowest BCUT2D eigenvalue weighted by molar-refractivity contribution is -0.133. The summed E-state index contributed by atoms with van der Waals surface area (Å²) in [6.45, 7) is 2.81. The highest BCUT2D eigenvalue weighted by Gasteiger charge is 2.36. The summed E-state index contributed by atoms with van der Waals surface area (Å²) in [5.74, 6) is 0.338. The minimum Gasteiger partial charge on any atom is -0.343 e. The molecular weight excluding hydrogens is 212 g/mol. The van der Waals surface area contributed by atoms with Crippen LogP contribution in [0.3, 0.4) is 0 Å². The van der Waals surface area contributed by atoms with Gasteiger partial charge < -0.3 is 10.2 Å². The van der Waals surface area contributed by atoms with Crippen LogP contribution in [-0.2, 0) is 4.79 Å². The van der Waals surface area contributed by atoms with E-state index in [1.54, 1.807) is 0 Å². The van der Waals surface area contributed by atoms with Crippen LogP contribution in [-0.4, -0.2) is 37.5 Å². The first-order valence-electron chi connectivity index (χ1n) is 7.18. The van der Waals surface area contributed by atoms with E-state index in [1.165, 1.54) is 44.9 Å². The molecule has 0 radical (unpaired) electrons. The van der Waals surface area contributed by atoms with Crippen LogP contribution in [0.15, 0.2) is 0 Å². The fourth-order valence-electron chi connectivity index (χ4n) is 3.42. The van der Waals surface area contributed by atoms with Crippen molar-refractivity contribution in [3.05, 3.63) is 0 Å². The van der Waals surface area contributed by atoms with Gasteiger partial charge in [0.25, 0.3) is 0 Å². The lowest BCUT2D eigenvalue weighted by Crippen LogP contribution is -2.44. The van der Waals surface area contributed by atoms with Gasteiger partial charge in [-0.25, -0.2) is 0 Å². The molecule has 2 fully saturated rings. The maximum atomic E-state index is 11.9. The van der Waals surface area contributed by atoms with Gasteiger partial charge in [0.15, 0.2) is 0 Å². The molecule has 3 nitrogen and oxygen atoms in total. The molecular formula is C14H26N2O. The monoisotopic (exact) mass is 238 g/mol. The van der Waals surface area contributed by atoms with Crippen LogP contribution in [0.4, 0.5) is 0 Å². The van der Waals surface area contributed by atoms with Crippen LogP contribution in [0.2, 0.25) is 0 Å². The largest absolute Gasteiger partial charge is 0.343 e. The Morgan fingerprint density at radius 2 is 1.76 bits per heavy atom. The van der Waals surface area contributed by atoms with Crippen LogP contribution < -0.4 is 5.32 Å². The zero-order valence-electron chi connectivity index (χ0n) is 11.1. The number of carbonyl (C=O) groups is 1. The summed E-state index contributed by atoms with van der Waals surface area (Å²) >= 11 is 0. The number of nitrogens with one attached hydrogen (secondary N) is 1. The van der Waals surface area contributed by atoms with Gasteiger partial charge in [0.05, 0.1) is 0 Å². The van der Waals surface area contributed by atoms with E-state index in [0.717, 1.165) is 19.6 Å². The number of carbonyl (C=O) groups excluding carboxylic acids is 1. The van der Waals surface area contributed by atoms with E-state index in [0.29, 0.717) is 17.7 Å². The Morgan fingerprint density at radius 3 is 2.35 bits per heavy atom. The topological polar surface area (TPSA) is 32.3 Å². The summed E-state index contributed by atoms with van der Waals surface area (Å²) in [5.41, 5.74) is 0.609. The zero-order chi connectivity index (χ0) is 12.1. The van der Waals surface area contributed by atoms with Crippen LogP contribution in [0, 0.1) is 5.41 Å². The summed E-state index contributed by atoms with van der Waals surface area (Å²) in [5, 5.41) is 3.05. The van der Waals surface area contributed by atoms with Gasteiger partial charge in [-0.2, -0.15) is 0 Å². The minimum atomic E-state index is 0.338. The molecule has 1 saturated carbocycles. The number of amides is 1. The summed E-state index contributed by atoms with van der Waals surface area (Å²) in [4.78, 5) is 14.0. The Kier molecular flexibility index (Phi) is 4.43. The highest BCUT2D eigenvalue weighted by atomic mass is 16.2. The van der Waals surface area contributed by atoms with Crippen molar-refractivity contribution in [1.82, 2.24) is 10.2 Å². The molecule has 0 aromatic heterocycles. The maximum absolute atomic E-state index is 11.9. The Morgan fingerprint density at radius 1 is 1.12 bits per heavy atom. The fourth-order valence-corrected chi connectivity index (χ4v) is 3.42. The third-order valence-electron chi connectivity index (χ3n) is 4.68. The summed E-state index contributed by atoms with van der Waals surface area (Å²) in [6.07, 6.45) is 10.2. The number of rotatable bonds is 3. The molecule has 3 heteroatoms. The molecule has 17 heavy (non-hydrogen) atoms. The second-order valence-corrected chi connectivity index (χ2v) is 5.80. The molecule has 98 valence electrons. The van der Waals surface area contributed by atoms with E-state index in [2.05, 4.69) is 10.2 Å². The summed E-state index contributed by atoms with van der Waals surface area (Å²) < 4.78 is 0. The molecule has 1 amide bonds. The van der Waals surface area contributed by atoms with E-state index < -0.39 is 0 Å². The SMILES string of the molecule is CNCCC(=O)N1CCC2(CCCCC2)CC1. The van der Waals surface area contributed by atoms with Crippen molar-refractivity contribution in [2.75, 3.05) is 26.7 Å². The third-order valence-corrected chi connectivity index (χ3v) is 4.68. The number of likely N-dealkylation sites (tertiary alicyclic amines) is 1. The predicted octanol–water partition coefficient (Wildman–Crippen LogP) is 2.17. The molecule has 1 spiro atoms. The van der Waals surface area contributed by atoms with E-state index in [-0.39, 0.29) is 0 Å². The van der Waals surface area contributed by atoms with E-state index in [4.69, 9.17) is 0 Å². The molecule has 2 aliphatic rings. The van der Waals surface area contributed by atoms with Crippen LogP contribution >= 0.6 is 0 Å². The molecule has 1 aliphatic carbocycles. The lowest BCUT2D eigenvalue weighted by atomic mass is 9.68. The fraction of sp³-hybridized carbons (Fsp3) is 0.929. The Labute approximate surface area is 105 Å². The van der Waals surface area contributed by atoms with Crippen molar-refractivity contribution < 1.29 is 4.79 Å². The van der Waals surface area contributed by atoms with Crippen molar-refractivity contribution in [3.8, 4) is 0 Å². The van der Waals surface area contributed by atoms with Crippen molar-refractivity contribution in [2.45, 2.75) is 51.4 Å². The van der Waals surface area contributed by atoms with E-state index in [9.17, 15) is 4.79 Å². The second kappa shape index (κ2) is 5.85. The molecule has 1 saturated heterocycles. The third kappa shape index (κ3) is 3.21. The molecule has 1 N–H and O–H groups in total. The Bertz CT molecular complexity index is 249. The molecule has 0 aromatic rings. The molecule has 0 bridgehead atoms. The second-order valence-electron chi connectivity index (χ2n) is 5.80. The van der Waals surface area contributed by atoms with Gasteiger partial charge in [0, 0.05) is 26.1 Å². The van der Waals surface area contributed by atoms with Gasteiger partial charge in [-0.05, 0) is 38.1 Å². The minimum absolute atomic E-state index is 0.338. The molecule has 1 aliphatic heterocycles. The summed E-state index contributed by atoms with van der Waals surface area (Å²) in [7, 11) is 1.90. The zero-order valence-corrected chi connectivity index (χ0v) is 11.1. The average Bonchev–Trinajstić information content (AvgIpc) is 2.38. The first kappa shape index (κ1) is 12.9. The first-order valence-corrected chi connectivity index (χ1v) is 7.18. The van der Waals surface area contributed by atoms with Gasteiger partial charge >= 0.3 is 0 Å². The van der Waals surface area contributed by atoms with E-state index in [1.807, 2.05) is 7.05 Å². The smallest absolute Gasteiger partial charge is 0.223 e. The maximum Gasteiger partial charge on any atom is 0.223 e. The molecule has 2 rings (SSSR count). The van der Waals surface area contributed by atoms with Gasteiger partial charge in [0.1, 0.15) is 0 Å². The van der Waals surface area contributed by atoms with E-state index >= 15 is 0 Å². The number of hydrogen-bond donors (Lipinski definition) is 1. The van der Waals surface area contributed by atoms with Crippen molar-refractivity contribution in [2.24, 2.45) is 5.41 Å². The predicted molar refractivity (Wildman–Crippen MR) is 69.9 cm³/mol. The lowest BCUT2D eigenvalue weighted by Gasteiger charge is -2.44. The highest BCUT2D eigenvalue weighted by molar-refractivity contribution is 5.76. The van der Waals surface area contributed by atoms with Crippen LogP contribution in [0.1, 0.15) is 51.4 Å². The van der Waals surface area contributed by atoms with Gasteiger partial charge in [-0.1, -0.05) is 19.3 Å². The molecule has 0 atom stereocenters. The number of piperidine rings is 1. The highest BCUT2D eigenvalue weighted by Crippen LogP contribution is 2.44.